The highest BCUT2D eigenvalue weighted by atomic mass is 19.4. The lowest BCUT2D eigenvalue weighted by Crippen LogP contribution is -2.14. The summed E-state index contributed by atoms with van der Waals surface area (Å²) in [6.07, 6.45) is 3.62. The van der Waals surface area contributed by atoms with Gasteiger partial charge in [-0.05, 0) is 49.1 Å². The number of aromatic nitrogens is 4. The second kappa shape index (κ2) is 8.15. The van der Waals surface area contributed by atoms with E-state index in [1.165, 1.54) is 13.0 Å². The average Bonchev–Trinajstić information content (AvgIpc) is 3.27. The van der Waals surface area contributed by atoms with Crippen molar-refractivity contribution in [2.45, 2.75) is 32.5 Å². The molecule has 1 atom stereocenters. The first-order chi connectivity index (χ1) is 15.8. The minimum atomic E-state index is -4.41. The summed E-state index contributed by atoms with van der Waals surface area (Å²) in [4.78, 5) is 13.6. The maximum Gasteiger partial charge on any atom is 0.416 e. The van der Waals surface area contributed by atoms with Gasteiger partial charge in [0.2, 0.25) is 5.78 Å². The highest BCUT2D eigenvalue weighted by Gasteiger charge is 2.33. The van der Waals surface area contributed by atoms with Crippen LogP contribution < -0.4 is 5.32 Å². The Morgan fingerprint density at radius 2 is 2.06 bits per heavy atom. The minimum absolute atomic E-state index is 0.200. The van der Waals surface area contributed by atoms with E-state index in [-0.39, 0.29) is 5.56 Å². The lowest BCUT2D eigenvalue weighted by molar-refractivity contribution is -0.138. The van der Waals surface area contributed by atoms with Crippen molar-refractivity contribution in [2.24, 2.45) is 0 Å². The van der Waals surface area contributed by atoms with E-state index in [1.54, 1.807) is 18.5 Å². The summed E-state index contributed by atoms with van der Waals surface area (Å²) in [5.41, 5.74) is 2.87. The third kappa shape index (κ3) is 3.93. The largest absolute Gasteiger partial charge is 0.416 e. The summed E-state index contributed by atoms with van der Waals surface area (Å²) < 4.78 is 47.5. The molecule has 0 fully saturated rings. The average molecular weight is 453 g/mol. The van der Waals surface area contributed by atoms with E-state index in [1.807, 2.05) is 29.7 Å². The lowest BCUT2D eigenvalue weighted by Gasteiger charge is -2.21. The fourth-order valence-electron chi connectivity index (χ4n) is 4.31. The molecule has 1 N–H and O–H groups in total. The zero-order valence-electron chi connectivity index (χ0n) is 18.1. The molecular weight excluding hydrogens is 431 g/mol. The summed E-state index contributed by atoms with van der Waals surface area (Å²) in [5, 5.41) is 4.14. The number of anilines is 1. The van der Waals surface area contributed by atoms with Gasteiger partial charge >= 0.3 is 6.18 Å². The second-order valence-electron chi connectivity index (χ2n) is 8.08. The molecule has 170 valence electrons. The van der Waals surface area contributed by atoms with Crippen LogP contribution in [0.1, 0.15) is 41.8 Å². The van der Waals surface area contributed by atoms with Gasteiger partial charge in [-0.3, -0.25) is 9.38 Å². The number of nitrogens with zero attached hydrogens (tertiary/aromatic N) is 4. The number of nitrogens with one attached hydrogen (secondary N) is 1. The molecule has 5 rings (SSSR count). The van der Waals surface area contributed by atoms with Crippen molar-refractivity contribution in [1.82, 2.24) is 19.4 Å². The molecule has 4 aromatic rings. The highest BCUT2D eigenvalue weighted by Crippen LogP contribution is 2.36. The fourth-order valence-corrected chi connectivity index (χ4v) is 4.31. The number of rotatable bonds is 4. The summed E-state index contributed by atoms with van der Waals surface area (Å²) in [7, 11) is 0. The van der Waals surface area contributed by atoms with Crippen LogP contribution in [0.15, 0.2) is 48.9 Å². The van der Waals surface area contributed by atoms with Crippen molar-refractivity contribution in [2.75, 3.05) is 18.5 Å². The normalized spacial score (nSPS) is 15.6. The number of ether oxygens (including phenoxy) is 1. The van der Waals surface area contributed by atoms with Crippen molar-refractivity contribution in [3.8, 4) is 0 Å². The molecule has 0 saturated heterocycles. The molecule has 3 aromatic heterocycles. The minimum Gasteiger partial charge on any atom is -0.377 e. The number of halogens is 3. The molecule has 0 amide bonds. The quantitative estimate of drug-likeness (QED) is 0.437. The number of pyridine rings is 1. The van der Waals surface area contributed by atoms with Gasteiger partial charge < -0.3 is 10.1 Å². The summed E-state index contributed by atoms with van der Waals surface area (Å²) in [6, 6.07) is 5.80. The van der Waals surface area contributed by atoms with E-state index in [0.29, 0.717) is 30.4 Å². The van der Waals surface area contributed by atoms with Gasteiger partial charge in [-0.2, -0.15) is 18.2 Å². The van der Waals surface area contributed by atoms with Crippen molar-refractivity contribution in [3.63, 3.8) is 0 Å². The molecule has 4 heterocycles. The van der Waals surface area contributed by atoms with E-state index in [0.717, 1.165) is 34.7 Å². The zero-order chi connectivity index (χ0) is 23.2. The Morgan fingerprint density at radius 1 is 1.21 bits per heavy atom. The number of fused-ring (bicyclic) bond motifs is 3. The van der Waals surface area contributed by atoms with Crippen LogP contribution >= 0.6 is 0 Å². The Bertz CT molecular complexity index is 1380. The van der Waals surface area contributed by atoms with Gasteiger partial charge in [-0.1, -0.05) is 18.2 Å². The Balaban J connectivity index is 1.60. The number of benzene rings is 1. The van der Waals surface area contributed by atoms with Crippen molar-refractivity contribution in [1.29, 1.82) is 0 Å². The van der Waals surface area contributed by atoms with Gasteiger partial charge in [-0.15, -0.1) is 0 Å². The van der Waals surface area contributed by atoms with Gasteiger partial charge in [0.15, 0.2) is 0 Å². The number of alkyl halides is 3. The van der Waals surface area contributed by atoms with E-state index in [2.05, 4.69) is 20.3 Å². The molecular formula is C24H22F3N5O. The van der Waals surface area contributed by atoms with Crippen LogP contribution in [-0.2, 0) is 10.9 Å². The standard InChI is InChI=1S/C24H22F3N5O/c1-14-17(4-3-5-19(14)24(25,26)27)15(2)30-22-18-12-20(16-6-10-33-11-7-16)29-13-21(18)32-9-8-28-23(32)31-22/h3-6,8-9,12-13,15H,7,10-11H2,1-2H3,(H,28,30,31). The van der Waals surface area contributed by atoms with Crippen LogP contribution in [0.2, 0.25) is 0 Å². The predicted molar refractivity (Wildman–Crippen MR) is 120 cm³/mol. The number of hydrogen-bond donors (Lipinski definition) is 1. The highest BCUT2D eigenvalue weighted by molar-refractivity contribution is 5.92. The van der Waals surface area contributed by atoms with Crippen LogP contribution in [0.4, 0.5) is 19.0 Å². The summed E-state index contributed by atoms with van der Waals surface area (Å²) >= 11 is 0. The number of hydrogen-bond acceptors (Lipinski definition) is 5. The maximum absolute atomic E-state index is 13.4. The lowest BCUT2D eigenvalue weighted by atomic mass is 9.97. The van der Waals surface area contributed by atoms with Crippen LogP contribution in [0.3, 0.4) is 0 Å². The molecule has 1 aliphatic heterocycles. The molecule has 33 heavy (non-hydrogen) atoms. The molecule has 1 aliphatic rings. The fraction of sp³-hybridized carbons (Fsp3) is 0.292. The molecule has 0 bridgehead atoms. The van der Waals surface area contributed by atoms with E-state index in [4.69, 9.17) is 4.74 Å². The van der Waals surface area contributed by atoms with Gasteiger partial charge in [0.05, 0.1) is 42.2 Å². The van der Waals surface area contributed by atoms with E-state index in [9.17, 15) is 13.2 Å². The number of imidazole rings is 1. The van der Waals surface area contributed by atoms with Crippen LogP contribution in [0, 0.1) is 6.92 Å². The Kier molecular flexibility index (Phi) is 5.28. The third-order valence-electron chi connectivity index (χ3n) is 6.02. The summed E-state index contributed by atoms with van der Waals surface area (Å²) in [5.74, 6) is 1.03. The van der Waals surface area contributed by atoms with Crippen LogP contribution in [0.5, 0.6) is 0 Å². The molecule has 0 spiro atoms. The van der Waals surface area contributed by atoms with Crippen molar-refractivity contribution >= 4 is 28.1 Å². The topological polar surface area (TPSA) is 64.3 Å². The molecule has 1 unspecified atom stereocenters. The zero-order valence-corrected chi connectivity index (χ0v) is 18.1. The van der Waals surface area contributed by atoms with Gasteiger partial charge in [0, 0.05) is 17.8 Å². The first-order valence-corrected chi connectivity index (χ1v) is 10.7. The third-order valence-corrected chi connectivity index (χ3v) is 6.02. The van der Waals surface area contributed by atoms with Gasteiger partial charge in [0.1, 0.15) is 5.82 Å². The Morgan fingerprint density at radius 3 is 2.82 bits per heavy atom. The van der Waals surface area contributed by atoms with E-state index < -0.39 is 17.8 Å². The molecule has 0 aliphatic carbocycles. The Labute approximate surface area is 188 Å². The van der Waals surface area contributed by atoms with Crippen LogP contribution in [0.25, 0.3) is 22.3 Å². The van der Waals surface area contributed by atoms with Gasteiger partial charge in [0.25, 0.3) is 0 Å². The van der Waals surface area contributed by atoms with E-state index >= 15 is 0 Å². The first-order valence-electron chi connectivity index (χ1n) is 10.7. The molecule has 1 aromatic carbocycles. The smallest absolute Gasteiger partial charge is 0.377 e. The molecule has 0 saturated carbocycles. The SMILES string of the molecule is Cc1c(C(C)Nc2nc3nccn3c3cnc(C4=CCOCC4)cc23)cccc1C(F)(F)F. The molecule has 9 heteroatoms. The predicted octanol–water partition coefficient (Wildman–Crippen LogP) is 5.58. The maximum atomic E-state index is 13.4. The van der Waals surface area contributed by atoms with Crippen LogP contribution in [-0.4, -0.2) is 32.6 Å². The molecule has 0 radical (unpaired) electrons. The Hall–Kier alpha value is -3.46. The first kappa shape index (κ1) is 21.4. The van der Waals surface area contributed by atoms with Crippen molar-refractivity contribution < 1.29 is 17.9 Å². The summed E-state index contributed by atoms with van der Waals surface area (Å²) in [6.45, 7) is 4.51. The monoisotopic (exact) mass is 453 g/mol. The van der Waals surface area contributed by atoms with Crippen molar-refractivity contribution in [3.05, 3.63) is 71.3 Å². The van der Waals surface area contributed by atoms with Gasteiger partial charge in [-0.25, -0.2) is 4.98 Å². The second-order valence-corrected chi connectivity index (χ2v) is 8.08. The molecule has 6 nitrogen and oxygen atoms in total.